The van der Waals surface area contributed by atoms with Gasteiger partial charge >= 0.3 is 5.97 Å². The lowest BCUT2D eigenvalue weighted by Crippen LogP contribution is -2.45. The smallest absolute Gasteiger partial charge is 0.335 e. The minimum absolute atomic E-state index is 0.135. The van der Waals surface area contributed by atoms with E-state index in [-0.39, 0.29) is 24.8 Å². The van der Waals surface area contributed by atoms with Crippen LogP contribution in [0.15, 0.2) is 23.1 Å². The normalized spacial score (nSPS) is 16.0. The Morgan fingerprint density at radius 1 is 1.38 bits per heavy atom. The van der Waals surface area contributed by atoms with E-state index in [0.717, 1.165) is 28.9 Å². The molecule has 0 heterocycles. The summed E-state index contributed by atoms with van der Waals surface area (Å²) in [5, 5.41) is 17.9. The second-order valence-electron chi connectivity index (χ2n) is 4.87. The highest BCUT2D eigenvalue weighted by atomic mass is 32.2. The summed E-state index contributed by atoms with van der Waals surface area (Å²) in [5.74, 6) is -2.33. The zero-order chi connectivity index (χ0) is 15.6. The Morgan fingerprint density at radius 2 is 2.05 bits per heavy atom. The average molecular weight is 317 g/mol. The largest absolute Gasteiger partial charge is 0.478 e. The highest BCUT2D eigenvalue weighted by Gasteiger charge is 2.36. The highest BCUT2D eigenvalue weighted by Crippen LogP contribution is 2.30. The molecule has 0 radical (unpaired) electrons. The molecule has 2 N–H and O–H groups in total. The van der Waals surface area contributed by atoms with Gasteiger partial charge in [0, 0.05) is 12.6 Å². The fraction of sp³-hybridized carbons (Fsp3) is 0.462. The number of carboxylic acids is 1. The third kappa shape index (κ3) is 3.07. The van der Waals surface area contributed by atoms with Crippen molar-refractivity contribution in [2.75, 3.05) is 13.2 Å². The van der Waals surface area contributed by atoms with Gasteiger partial charge < -0.3 is 10.2 Å². The maximum atomic E-state index is 13.9. The minimum Gasteiger partial charge on any atom is -0.478 e. The monoisotopic (exact) mass is 317 g/mol. The van der Waals surface area contributed by atoms with Crippen molar-refractivity contribution in [1.82, 2.24) is 4.31 Å². The summed E-state index contributed by atoms with van der Waals surface area (Å²) in [4.78, 5) is 10.3. The molecular formula is C13H16FNO5S. The second kappa shape index (κ2) is 6.08. The van der Waals surface area contributed by atoms with E-state index < -0.39 is 26.7 Å². The fourth-order valence-corrected chi connectivity index (χ4v) is 4.00. The molecule has 116 valence electrons. The van der Waals surface area contributed by atoms with Crippen molar-refractivity contribution < 1.29 is 27.8 Å². The number of hydrogen-bond donors (Lipinski definition) is 2. The number of aliphatic hydroxyl groups is 1. The molecule has 0 unspecified atom stereocenters. The van der Waals surface area contributed by atoms with Crippen molar-refractivity contribution in [3.8, 4) is 0 Å². The van der Waals surface area contributed by atoms with Crippen LogP contribution in [-0.2, 0) is 10.0 Å². The van der Waals surface area contributed by atoms with Gasteiger partial charge in [-0.1, -0.05) is 6.42 Å². The van der Waals surface area contributed by atoms with Gasteiger partial charge in [0.1, 0.15) is 10.7 Å². The molecule has 1 fully saturated rings. The second-order valence-corrected chi connectivity index (χ2v) is 6.73. The van der Waals surface area contributed by atoms with Gasteiger partial charge in [0.2, 0.25) is 10.0 Å². The minimum atomic E-state index is -4.17. The van der Waals surface area contributed by atoms with Gasteiger partial charge in [0.15, 0.2) is 0 Å². The van der Waals surface area contributed by atoms with Crippen LogP contribution in [0.1, 0.15) is 29.6 Å². The molecule has 0 saturated heterocycles. The van der Waals surface area contributed by atoms with Crippen LogP contribution in [0.4, 0.5) is 4.39 Å². The third-order valence-corrected chi connectivity index (χ3v) is 5.53. The molecule has 0 atom stereocenters. The van der Waals surface area contributed by atoms with Crippen LogP contribution < -0.4 is 0 Å². The first kappa shape index (κ1) is 15.9. The molecule has 1 aromatic rings. The number of aromatic carboxylic acids is 1. The Hall–Kier alpha value is -1.51. The Balaban J connectivity index is 2.45. The van der Waals surface area contributed by atoms with Gasteiger partial charge in [-0.25, -0.2) is 17.6 Å². The number of nitrogens with zero attached hydrogens (tertiary/aromatic N) is 1. The van der Waals surface area contributed by atoms with Gasteiger partial charge in [-0.3, -0.25) is 0 Å². The SMILES string of the molecule is O=C(O)c1ccc(F)c(S(=O)(=O)N(CCO)C2CCC2)c1. The molecule has 0 aliphatic heterocycles. The van der Waals surface area contributed by atoms with Gasteiger partial charge in [-0.15, -0.1) is 0 Å². The lowest BCUT2D eigenvalue weighted by molar-refractivity contribution is 0.0696. The summed E-state index contributed by atoms with van der Waals surface area (Å²) in [5.41, 5.74) is -0.299. The van der Waals surface area contributed by atoms with Gasteiger partial charge in [0.25, 0.3) is 0 Å². The van der Waals surface area contributed by atoms with Gasteiger partial charge in [-0.2, -0.15) is 4.31 Å². The maximum absolute atomic E-state index is 13.9. The Labute approximate surface area is 121 Å². The number of hydrogen-bond acceptors (Lipinski definition) is 4. The Bertz CT molecular complexity index is 642. The quantitative estimate of drug-likeness (QED) is 0.818. The number of benzene rings is 1. The summed E-state index contributed by atoms with van der Waals surface area (Å²) < 4.78 is 40.0. The first-order chi connectivity index (χ1) is 9.87. The van der Waals surface area contributed by atoms with Crippen molar-refractivity contribution in [3.63, 3.8) is 0 Å². The molecule has 0 spiro atoms. The van der Waals surface area contributed by atoms with Crippen molar-refractivity contribution in [2.45, 2.75) is 30.2 Å². The van der Waals surface area contributed by atoms with Gasteiger partial charge in [0.05, 0.1) is 12.2 Å². The van der Waals surface area contributed by atoms with Crippen LogP contribution >= 0.6 is 0 Å². The predicted octanol–water partition coefficient (Wildman–Crippen LogP) is 1.06. The van der Waals surface area contributed by atoms with Crippen LogP contribution in [-0.4, -0.2) is 48.1 Å². The average Bonchev–Trinajstić information content (AvgIpc) is 2.36. The summed E-state index contributed by atoms with van der Waals surface area (Å²) >= 11 is 0. The van der Waals surface area contributed by atoms with Crippen LogP contribution in [0.5, 0.6) is 0 Å². The summed E-state index contributed by atoms with van der Waals surface area (Å²) in [7, 11) is -4.17. The zero-order valence-electron chi connectivity index (χ0n) is 11.2. The van der Waals surface area contributed by atoms with Crippen molar-refractivity contribution in [3.05, 3.63) is 29.6 Å². The van der Waals surface area contributed by atoms with Crippen LogP contribution in [0.2, 0.25) is 0 Å². The van der Waals surface area contributed by atoms with E-state index in [1.54, 1.807) is 0 Å². The van der Waals surface area contributed by atoms with Crippen molar-refractivity contribution in [2.24, 2.45) is 0 Å². The fourth-order valence-electron chi connectivity index (χ4n) is 2.23. The van der Waals surface area contributed by atoms with E-state index >= 15 is 0 Å². The first-order valence-electron chi connectivity index (χ1n) is 6.53. The van der Waals surface area contributed by atoms with Gasteiger partial charge in [-0.05, 0) is 31.0 Å². The third-order valence-electron chi connectivity index (χ3n) is 3.57. The van der Waals surface area contributed by atoms with Crippen LogP contribution in [0.3, 0.4) is 0 Å². The molecule has 2 rings (SSSR count). The van der Waals surface area contributed by atoms with E-state index in [1.807, 2.05) is 0 Å². The number of carbonyl (C=O) groups is 1. The topological polar surface area (TPSA) is 94.9 Å². The first-order valence-corrected chi connectivity index (χ1v) is 7.97. The van der Waals surface area contributed by atoms with E-state index in [2.05, 4.69) is 0 Å². The number of carboxylic acid groups (broad SMARTS) is 1. The van der Waals surface area contributed by atoms with Crippen LogP contribution in [0.25, 0.3) is 0 Å². The number of halogens is 1. The van der Waals surface area contributed by atoms with E-state index in [1.165, 1.54) is 0 Å². The summed E-state index contributed by atoms with van der Waals surface area (Å²) in [6.45, 7) is -0.514. The maximum Gasteiger partial charge on any atom is 0.335 e. The van der Waals surface area contributed by atoms with Crippen LogP contribution in [0, 0.1) is 5.82 Å². The molecular weight excluding hydrogens is 301 g/mol. The zero-order valence-corrected chi connectivity index (χ0v) is 12.0. The number of aliphatic hydroxyl groups excluding tert-OH is 1. The van der Waals surface area contributed by atoms with Crippen molar-refractivity contribution in [1.29, 1.82) is 0 Å². The molecule has 1 aliphatic carbocycles. The molecule has 1 aliphatic rings. The molecule has 1 saturated carbocycles. The molecule has 21 heavy (non-hydrogen) atoms. The van der Waals surface area contributed by atoms with Crippen molar-refractivity contribution >= 4 is 16.0 Å². The Morgan fingerprint density at radius 3 is 2.52 bits per heavy atom. The van der Waals surface area contributed by atoms with E-state index in [0.29, 0.717) is 12.8 Å². The molecule has 8 heteroatoms. The number of rotatable bonds is 6. The standard InChI is InChI=1S/C13H16FNO5S/c14-11-5-4-9(13(17)18)8-12(11)21(19,20)15(6-7-16)10-2-1-3-10/h4-5,8,10,16H,1-3,6-7H2,(H,17,18). The Kier molecular flexibility index (Phi) is 4.60. The molecule has 6 nitrogen and oxygen atoms in total. The number of sulfonamides is 1. The predicted molar refractivity (Wildman–Crippen MR) is 72.0 cm³/mol. The lowest BCUT2D eigenvalue weighted by atomic mass is 9.93. The molecule has 0 amide bonds. The van der Waals surface area contributed by atoms with E-state index in [4.69, 9.17) is 10.2 Å². The van der Waals surface area contributed by atoms with E-state index in [9.17, 15) is 17.6 Å². The molecule has 1 aromatic carbocycles. The summed E-state index contributed by atoms with van der Waals surface area (Å²) in [6, 6.07) is 2.38. The highest BCUT2D eigenvalue weighted by molar-refractivity contribution is 7.89. The summed E-state index contributed by atoms with van der Waals surface area (Å²) in [6.07, 6.45) is 2.18. The molecule has 0 bridgehead atoms. The lowest BCUT2D eigenvalue weighted by Gasteiger charge is -2.36. The molecule has 0 aromatic heterocycles.